The first-order valence-electron chi connectivity index (χ1n) is 12.3. The highest BCUT2D eigenvalue weighted by Crippen LogP contribution is 2.31. The summed E-state index contributed by atoms with van der Waals surface area (Å²) < 4.78 is 0. The predicted molar refractivity (Wildman–Crippen MR) is 144 cm³/mol. The third-order valence-electron chi connectivity index (χ3n) is 7.13. The molecule has 3 unspecified atom stereocenters. The summed E-state index contributed by atoms with van der Waals surface area (Å²) in [5.41, 5.74) is 3.73. The summed E-state index contributed by atoms with van der Waals surface area (Å²) in [6.45, 7) is 5.19. The van der Waals surface area contributed by atoms with Crippen molar-refractivity contribution in [2.24, 2.45) is 5.92 Å². The number of nitrogens with zero attached hydrogens (tertiary/aromatic N) is 2. The van der Waals surface area contributed by atoms with Gasteiger partial charge in [0.15, 0.2) is 0 Å². The smallest absolute Gasteiger partial charge is 0.142 e. The molecule has 0 radical (unpaired) electrons. The van der Waals surface area contributed by atoms with Crippen molar-refractivity contribution in [1.29, 1.82) is 0 Å². The lowest BCUT2D eigenvalue weighted by Crippen LogP contribution is -2.66. The van der Waals surface area contributed by atoms with E-state index in [2.05, 4.69) is 93.2 Å². The fraction of sp³-hybridized carbons (Fsp3) is 0.310. The third-order valence-corrected chi connectivity index (χ3v) is 7.50. The number of thiocarbonyl (C=S) groups is 1. The van der Waals surface area contributed by atoms with Crippen LogP contribution in [0.3, 0.4) is 0 Å². The zero-order valence-corrected chi connectivity index (χ0v) is 20.8. The summed E-state index contributed by atoms with van der Waals surface area (Å²) in [5.74, 6) is -0.254. The number of rotatable bonds is 6. The molecule has 5 rings (SSSR count). The molecule has 5 nitrogen and oxygen atoms in total. The zero-order chi connectivity index (χ0) is 24.2. The van der Waals surface area contributed by atoms with Crippen LogP contribution in [0.5, 0.6) is 0 Å². The van der Waals surface area contributed by atoms with E-state index in [1.165, 1.54) is 11.1 Å². The monoisotopic (exact) mass is 484 g/mol. The summed E-state index contributed by atoms with van der Waals surface area (Å²) in [7, 11) is 0. The van der Waals surface area contributed by atoms with Crippen LogP contribution < -0.4 is 10.6 Å². The van der Waals surface area contributed by atoms with Crippen LogP contribution in [-0.4, -0.2) is 52.9 Å². The largest absolute Gasteiger partial charge is 0.360 e. The summed E-state index contributed by atoms with van der Waals surface area (Å²) >= 11 is 5.71. The second kappa shape index (κ2) is 10.8. The number of carbonyl (C=O) groups excluding carboxylic acids is 1. The molecule has 0 aliphatic carbocycles. The summed E-state index contributed by atoms with van der Waals surface area (Å²) in [5, 5.41) is 7.06. The molecule has 0 saturated carbocycles. The molecule has 2 aliphatic heterocycles. The van der Waals surface area contributed by atoms with Gasteiger partial charge in [-0.05, 0) is 23.6 Å². The first kappa shape index (κ1) is 23.8. The van der Waals surface area contributed by atoms with E-state index in [0.717, 1.165) is 31.7 Å². The van der Waals surface area contributed by atoms with Gasteiger partial charge < -0.3 is 5.32 Å². The van der Waals surface area contributed by atoms with E-state index in [-0.39, 0.29) is 30.1 Å². The summed E-state index contributed by atoms with van der Waals surface area (Å²) in [6.07, 6.45) is -0.232. The van der Waals surface area contributed by atoms with Crippen molar-refractivity contribution in [1.82, 2.24) is 20.4 Å². The lowest BCUT2D eigenvalue weighted by Gasteiger charge is -2.48. The van der Waals surface area contributed by atoms with Gasteiger partial charge in [0.1, 0.15) is 11.9 Å². The van der Waals surface area contributed by atoms with Crippen LogP contribution >= 0.6 is 12.2 Å². The lowest BCUT2D eigenvalue weighted by atomic mass is 9.94. The van der Waals surface area contributed by atoms with E-state index < -0.39 is 0 Å². The van der Waals surface area contributed by atoms with Gasteiger partial charge in [-0.1, -0.05) is 103 Å². The Morgan fingerprint density at radius 3 is 1.86 bits per heavy atom. The van der Waals surface area contributed by atoms with Crippen molar-refractivity contribution >= 4 is 23.0 Å². The Balaban J connectivity index is 1.35. The highest BCUT2D eigenvalue weighted by Gasteiger charge is 2.41. The van der Waals surface area contributed by atoms with Crippen LogP contribution in [-0.2, 0) is 4.79 Å². The minimum Gasteiger partial charge on any atom is -0.360 e. The molecule has 0 aromatic heterocycles. The van der Waals surface area contributed by atoms with E-state index >= 15 is 0 Å². The Bertz CT molecular complexity index is 1090. The van der Waals surface area contributed by atoms with Crippen molar-refractivity contribution in [3.8, 4) is 0 Å². The van der Waals surface area contributed by atoms with Gasteiger partial charge in [-0.3, -0.25) is 19.9 Å². The Morgan fingerprint density at radius 1 is 0.829 bits per heavy atom. The average molecular weight is 485 g/mol. The van der Waals surface area contributed by atoms with Gasteiger partial charge in [-0.2, -0.15) is 0 Å². The number of Topliss-reactive ketones (excluding diaryl/α,β-unsaturated/α-hetero) is 1. The lowest BCUT2D eigenvalue weighted by molar-refractivity contribution is -0.122. The van der Waals surface area contributed by atoms with Gasteiger partial charge in [0.2, 0.25) is 0 Å². The second-order valence-electron chi connectivity index (χ2n) is 9.35. The van der Waals surface area contributed by atoms with Crippen LogP contribution in [0.1, 0.15) is 35.8 Å². The summed E-state index contributed by atoms with van der Waals surface area (Å²) in [4.78, 5) is 18.2. The SMILES string of the molecule is CC(=O)C1C(=S)NC(c2ccccc2)NC1N1CCN(C(c2ccccc2)c2ccccc2)CC1. The van der Waals surface area contributed by atoms with Crippen molar-refractivity contribution in [2.75, 3.05) is 26.2 Å². The standard InChI is InChI=1S/C29H32N4OS/c1-21(34)25-28(30-27(31-29(25)35)24-15-9-4-10-16-24)33-19-17-32(18-20-33)26(22-11-5-2-6-12-22)23-13-7-3-8-14-23/h2-16,25-28,30H,17-20H2,1H3,(H,31,35). The van der Waals surface area contributed by atoms with Crippen molar-refractivity contribution in [2.45, 2.75) is 25.3 Å². The maximum Gasteiger partial charge on any atom is 0.142 e. The van der Waals surface area contributed by atoms with Crippen LogP contribution in [0.25, 0.3) is 0 Å². The van der Waals surface area contributed by atoms with Crippen LogP contribution in [0.4, 0.5) is 0 Å². The van der Waals surface area contributed by atoms with Gasteiger partial charge in [0.25, 0.3) is 0 Å². The Hall–Kier alpha value is -2.90. The molecule has 3 aromatic rings. The molecule has 2 aliphatic rings. The molecule has 0 bridgehead atoms. The van der Waals surface area contributed by atoms with Crippen LogP contribution in [0.15, 0.2) is 91.0 Å². The highest BCUT2D eigenvalue weighted by atomic mass is 32.1. The molecular formula is C29H32N4OS. The van der Waals surface area contributed by atoms with Crippen molar-refractivity contribution < 1.29 is 4.79 Å². The molecule has 2 N–H and O–H groups in total. The molecule has 6 heteroatoms. The predicted octanol–water partition coefficient (Wildman–Crippen LogP) is 4.14. The van der Waals surface area contributed by atoms with Crippen LogP contribution in [0, 0.1) is 5.92 Å². The first-order valence-corrected chi connectivity index (χ1v) is 12.7. The van der Waals surface area contributed by atoms with E-state index in [4.69, 9.17) is 12.2 Å². The molecule has 35 heavy (non-hydrogen) atoms. The molecular weight excluding hydrogens is 452 g/mol. The number of piperazine rings is 1. The van der Waals surface area contributed by atoms with Crippen LogP contribution in [0.2, 0.25) is 0 Å². The van der Waals surface area contributed by atoms with E-state index in [0.29, 0.717) is 4.99 Å². The maximum atomic E-state index is 12.6. The average Bonchev–Trinajstić information content (AvgIpc) is 2.90. The number of hydrogen-bond acceptors (Lipinski definition) is 5. The quantitative estimate of drug-likeness (QED) is 0.513. The number of benzene rings is 3. The number of hydrogen-bond donors (Lipinski definition) is 2. The van der Waals surface area contributed by atoms with Crippen molar-refractivity contribution in [3.63, 3.8) is 0 Å². The molecule has 0 spiro atoms. The third kappa shape index (κ3) is 5.21. The molecule has 3 atom stereocenters. The van der Waals surface area contributed by atoms with E-state index in [1.807, 2.05) is 18.2 Å². The minimum absolute atomic E-state index is 0.0976. The van der Waals surface area contributed by atoms with Gasteiger partial charge in [-0.15, -0.1) is 0 Å². The Kier molecular flexibility index (Phi) is 7.35. The Morgan fingerprint density at radius 2 is 1.34 bits per heavy atom. The number of ketones is 1. The maximum absolute atomic E-state index is 12.6. The molecule has 0 amide bonds. The summed E-state index contributed by atoms with van der Waals surface area (Å²) in [6, 6.07) is 31.9. The second-order valence-corrected chi connectivity index (χ2v) is 9.79. The molecule has 2 saturated heterocycles. The molecule has 2 heterocycles. The fourth-order valence-corrected chi connectivity index (χ4v) is 5.80. The first-order chi connectivity index (χ1) is 17.1. The van der Waals surface area contributed by atoms with Gasteiger partial charge >= 0.3 is 0 Å². The zero-order valence-electron chi connectivity index (χ0n) is 20.0. The molecule has 180 valence electrons. The molecule has 3 aromatic carbocycles. The number of carbonyl (C=O) groups is 1. The minimum atomic E-state index is -0.351. The topological polar surface area (TPSA) is 47.6 Å². The van der Waals surface area contributed by atoms with E-state index in [1.54, 1.807) is 6.92 Å². The molecule has 2 fully saturated rings. The fourth-order valence-electron chi connectivity index (χ4n) is 5.39. The normalized spacial score (nSPS) is 23.7. The number of nitrogens with one attached hydrogen (secondary N) is 2. The van der Waals surface area contributed by atoms with Gasteiger partial charge in [0, 0.05) is 26.2 Å². The van der Waals surface area contributed by atoms with Gasteiger partial charge in [0.05, 0.1) is 23.1 Å². The Labute approximate surface area is 213 Å². The van der Waals surface area contributed by atoms with E-state index in [9.17, 15) is 4.79 Å². The van der Waals surface area contributed by atoms with Crippen molar-refractivity contribution in [3.05, 3.63) is 108 Å². The van der Waals surface area contributed by atoms with Gasteiger partial charge in [-0.25, -0.2) is 0 Å². The highest BCUT2D eigenvalue weighted by molar-refractivity contribution is 7.80.